The number of aromatic nitrogens is 1. The molecule has 1 saturated heterocycles. The van der Waals surface area contributed by atoms with Crippen LogP contribution < -0.4 is 10.2 Å². The standard InChI is InChI=1S/C17H29N3O/c1-4-9-18-14(2)16-8-5-10-19-17(16)20(3)12-15-7-6-11-21-13-15/h5,8,10,14-15,18H,4,6-7,9,11-13H2,1-3H3. The molecule has 118 valence electrons. The molecule has 0 aromatic carbocycles. The number of hydrogen-bond acceptors (Lipinski definition) is 4. The summed E-state index contributed by atoms with van der Waals surface area (Å²) in [5.74, 6) is 1.72. The van der Waals surface area contributed by atoms with Gasteiger partial charge in [0.15, 0.2) is 0 Å². The van der Waals surface area contributed by atoms with Crippen LogP contribution in [-0.2, 0) is 4.74 Å². The first kappa shape index (κ1) is 16.2. The summed E-state index contributed by atoms with van der Waals surface area (Å²) in [5, 5.41) is 3.56. The molecule has 1 aliphatic rings. The van der Waals surface area contributed by atoms with Gasteiger partial charge in [-0.2, -0.15) is 0 Å². The second-order valence-electron chi connectivity index (χ2n) is 6.06. The molecule has 21 heavy (non-hydrogen) atoms. The van der Waals surface area contributed by atoms with Crippen LogP contribution in [0.2, 0.25) is 0 Å². The summed E-state index contributed by atoms with van der Waals surface area (Å²) in [6.07, 6.45) is 5.48. The number of ether oxygens (including phenoxy) is 1. The number of nitrogens with zero attached hydrogens (tertiary/aromatic N) is 2. The van der Waals surface area contributed by atoms with Crippen molar-refractivity contribution >= 4 is 5.82 Å². The van der Waals surface area contributed by atoms with Gasteiger partial charge in [0, 0.05) is 38.0 Å². The molecule has 2 unspecified atom stereocenters. The van der Waals surface area contributed by atoms with Gasteiger partial charge in [0.05, 0.1) is 6.61 Å². The zero-order valence-corrected chi connectivity index (χ0v) is 13.6. The highest BCUT2D eigenvalue weighted by Crippen LogP contribution is 2.25. The molecule has 0 spiro atoms. The lowest BCUT2D eigenvalue weighted by Crippen LogP contribution is -2.32. The fraction of sp³-hybridized carbons (Fsp3) is 0.706. The van der Waals surface area contributed by atoms with Crippen LogP contribution in [0.15, 0.2) is 18.3 Å². The van der Waals surface area contributed by atoms with Crippen molar-refractivity contribution in [1.82, 2.24) is 10.3 Å². The highest BCUT2D eigenvalue weighted by molar-refractivity contribution is 5.47. The monoisotopic (exact) mass is 291 g/mol. The maximum Gasteiger partial charge on any atom is 0.133 e. The zero-order valence-electron chi connectivity index (χ0n) is 13.6. The summed E-state index contributed by atoms with van der Waals surface area (Å²) < 4.78 is 5.59. The van der Waals surface area contributed by atoms with Crippen LogP contribution >= 0.6 is 0 Å². The molecule has 1 N–H and O–H groups in total. The van der Waals surface area contributed by atoms with E-state index in [2.05, 4.69) is 42.2 Å². The average molecular weight is 291 g/mol. The average Bonchev–Trinajstić information content (AvgIpc) is 2.53. The maximum atomic E-state index is 5.59. The lowest BCUT2D eigenvalue weighted by molar-refractivity contribution is 0.0576. The fourth-order valence-electron chi connectivity index (χ4n) is 2.96. The number of rotatable bonds is 7. The Bertz CT molecular complexity index is 418. The van der Waals surface area contributed by atoms with E-state index in [1.165, 1.54) is 18.4 Å². The molecule has 1 aromatic heterocycles. The number of nitrogens with one attached hydrogen (secondary N) is 1. The van der Waals surface area contributed by atoms with Gasteiger partial charge in [-0.25, -0.2) is 4.98 Å². The van der Waals surface area contributed by atoms with Crippen LogP contribution in [0.25, 0.3) is 0 Å². The lowest BCUT2D eigenvalue weighted by Gasteiger charge is -2.30. The minimum Gasteiger partial charge on any atom is -0.381 e. The summed E-state index contributed by atoms with van der Waals surface area (Å²) >= 11 is 0. The quantitative estimate of drug-likeness (QED) is 0.838. The van der Waals surface area contributed by atoms with Crippen LogP contribution in [0.1, 0.15) is 44.7 Å². The van der Waals surface area contributed by atoms with E-state index in [-0.39, 0.29) is 0 Å². The van der Waals surface area contributed by atoms with Crippen molar-refractivity contribution < 1.29 is 4.74 Å². The van der Waals surface area contributed by atoms with Crippen LogP contribution in [0, 0.1) is 5.92 Å². The van der Waals surface area contributed by atoms with Crippen molar-refractivity contribution in [3.05, 3.63) is 23.9 Å². The first-order valence-corrected chi connectivity index (χ1v) is 8.19. The van der Waals surface area contributed by atoms with Crippen LogP contribution in [0.4, 0.5) is 5.82 Å². The van der Waals surface area contributed by atoms with E-state index in [4.69, 9.17) is 4.74 Å². The van der Waals surface area contributed by atoms with E-state index in [1.807, 2.05) is 12.3 Å². The molecule has 2 rings (SSSR count). The summed E-state index contributed by atoms with van der Waals surface area (Å²) in [7, 11) is 2.15. The summed E-state index contributed by atoms with van der Waals surface area (Å²) in [4.78, 5) is 6.91. The van der Waals surface area contributed by atoms with Crippen molar-refractivity contribution in [2.45, 2.75) is 39.2 Å². The predicted molar refractivity (Wildman–Crippen MR) is 87.8 cm³/mol. The van der Waals surface area contributed by atoms with Crippen molar-refractivity contribution in [3.63, 3.8) is 0 Å². The fourth-order valence-corrected chi connectivity index (χ4v) is 2.96. The Morgan fingerprint density at radius 2 is 2.38 bits per heavy atom. The predicted octanol–water partition coefficient (Wildman–Crippen LogP) is 3.01. The minimum absolute atomic E-state index is 0.332. The summed E-state index contributed by atoms with van der Waals surface area (Å²) in [6, 6.07) is 4.54. The zero-order chi connectivity index (χ0) is 15.1. The molecular weight excluding hydrogens is 262 g/mol. The van der Waals surface area contributed by atoms with E-state index in [9.17, 15) is 0 Å². The molecular formula is C17H29N3O. The third kappa shape index (κ3) is 4.68. The normalized spacial score (nSPS) is 20.2. The Morgan fingerprint density at radius 3 is 3.10 bits per heavy atom. The smallest absolute Gasteiger partial charge is 0.133 e. The summed E-state index contributed by atoms with van der Waals surface area (Å²) in [6.45, 7) is 8.27. The van der Waals surface area contributed by atoms with Crippen LogP contribution in [0.5, 0.6) is 0 Å². The Labute approximate surface area is 128 Å². The first-order chi connectivity index (χ1) is 10.2. The molecule has 0 amide bonds. The third-order valence-corrected chi connectivity index (χ3v) is 4.13. The molecule has 0 bridgehead atoms. The van der Waals surface area contributed by atoms with Crippen molar-refractivity contribution in [1.29, 1.82) is 0 Å². The van der Waals surface area contributed by atoms with Gasteiger partial charge in [0.25, 0.3) is 0 Å². The van der Waals surface area contributed by atoms with E-state index in [0.29, 0.717) is 12.0 Å². The van der Waals surface area contributed by atoms with Gasteiger partial charge < -0.3 is 15.0 Å². The van der Waals surface area contributed by atoms with Gasteiger partial charge in [-0.15, -0.1) is 0 Å². The number of pyridine rings is 1. The molecule has 4 nitrogen and oxygen atoms in total. The van der Waals surface area contributed by atoms with E-state index in [0.717, 1.165) is 38.5 Å². The number of anilines is 1. The van der Waals surface area contributed by atoms with Gasteiger partial charge in [-0.05, 0) is 44.7 Å². The van der Waals surface area contributed by atoms with Crippen molar-refractivity contribution in [2.24, 2.45) is 5.92 Å². The van der Waals surface area contributed by atoms with E-state index in [1.54, 1.807) is 0 Å². The molecule has 4 heteroatoms. The van der Waals surface area contributed by atoms with Gasteiger partial charge in [0.2, 0.25) is 0 Å². The van der Waals surface area contributed by atoms with E-state index >= 15 is 0 Å². The second kappa shape index (κ2) is 8.35. The highest BCUT2D eigenvalue weighted by atomic mass is 16.5. The molecule has 2 heterocycles. The Hall–Kier alpha value is -1.13. The first-order valence-electron chi connectivity index (χ1n) is 8.19. The Balaban J connectivity index is 2.03. The lowest BCUT2D eigenvalue weighted by atomic mass is 10.0. The molecule has 1 aromatic rings. The van der Waals surface area contributed by atoms with Crippen molar-refractivity contribution in [3.8, 4) is 0 Å². The SMILES string of the molecule is CCCNC(C)c1cccnc1N(C)CC1CCCOC1. The van der Waals surface area contributed by atoms with Gasteiger partial charge >= 0.3 is 0 Å². The largest absolute Gasteiger partial charge is 0.381 e. The van der Waals surface area contributed by atoms with Gasteiger partial charge in [0.1, 0.15) is 5.82 Å². The molecule has 2 atom stereocenters. The topological polar surface area (TPSA) is 37.4 Å². The van der Waals surface area contributed by atoms with Crippen molar-refractivity contribution in [2.75, 3.05) is 38.3 Å². The molecule has 1 aliphatic heterocycles. The number of hydrogen-bond donors (Lipinski definition) is 1. The Morgan fingerprint density at radius 1 is 1.52 bits per heavy atom. The maximum absolute atomic E-state index is 5.59. The second-order valence-corrected chi connectivity index (χ2v) is 6.06. The van der Waals surface area contributed by atoms with Crippen LogP contribution in [-0.4, -0.2) is 38.3 Å². The van der Waals surface area contributed by atoms with E-state index < -0.39 is 0 Å². The molecule has 0 radical (unpaired) electrons. The Kier molecular flexibility index (Phi) is 6.46. The van der Waals surface area contributed by atoms with Gasteiger partial charge in [-0.1, -0.05) is 13.0 Å². The highest BCUT2D eigenvalue weighted by Gasteiger charge is 2.19. The summed E-state index contributed by atoms with van der Waals surface area (Å²) in [5.41, 5.74) is 1.28. The minimum atomic E-state index is 0.332. The molecule has 0 aliphatic carbocycles. The third-order valence-electron chi connectivity index (χ3n) is 4.13. The van der Waals surface area contributed by atoms with Crippen LogP contribution in [0.3, 0.4) is 0 Å². The molecule has 1 fully saturated rings. The molecule has 0 saturated carbocycles. The van der Waals surface area contributed by atoms with Gasteiger partial charge in [-0.3, -0.25) is 0 Å².